The van der Waals surface area contributed by atoms with Crippen molar-refractivity contribution in [2.24, 2.45) is 0 Å². The molecular formula is C22H28BBrO2. The van der Waals surface area contributed by atoms with E-state index in [2.05, 4.69) is 80.0 Å². The normalized spacial score (nSPS) is 21.1. The van der Waals surface area contributed by atoms with Gasteiger partial charge < -0.3 is 9.31 Å². The maximum absolute atomic E-state index is 6.01. The van der Waals surface area contributed by atoms with Gasteiger partial charge in [-0.25, -0.2) is 0 Å². The van der Waals surface area contributed by atoms with Gasteiger partial charge in [0.15, 0.2) is 0 Å². The van der Waals surface area contributed by atoms with E-state index in [4.69, 9.17) is 9.31 Å². The number of halogens is 1. The minimum atomic E-state index is -0.198. The molecule has 1 fully saturated rings. The Morgan fingerprint density at radius 3 is 2.15 bits per heavy atom. The second-order valence-corrected chi connectivity index (χ2v) is 8.93. The van der Waals surface area contributed by atoms with Crippen LogP contribution in [0, 0.1) is 0 Å². The van der Waals surface area contributed by atoms with Crippen LogP contribution in [0.5, 0.6) is 0 Å². The van der Waals surface area contributed by atoms with Crippen LogP contribution in [0.3, 0.4) is 0 Å². The van der Waals surface area contributed by atoms with Crippen LogP contribution in [0.2, 0.25) is 0 Å². The first-order valence-electron chi connectivity index (χ1n) is 9.48. The summed E-state index contributed by atoms with van der Waals surface area (Å²) in [5.74, 6) is 0. The summed E-state index contributed by atoms with van der Waals surface area (Å²) in [6, 6.07) is 14.5. The first-order chi connectivity index (χ1) is 12.3. The summed E-state index contributed by atoms with van der Waals surface area (Å²) < 4.78 is 13.2. The molecule has 0 spiro atoms. The smallest absolute Gasteiger partial charge is 0.400 e. The molecule has 4 rings (SSSR count). The second kappa shape index (κ2) is 7.88. The zero-order valence-corrected chi connectivity index (χ0v) is 17.8. The summed E-state index contributed by atoms with van der Waals surface area (Å²) in [5, 5.41) is 2.55. The van der Waals surface area contributed by atoms with Gasteiger partial charge in [-0.2, -0.15) is 0 Å². The lowest BCUT2D eigenvalue weighted by atomic mass is 9.73. The predicted molar refractivity (Wildman–Crippen MR) is 114 cm³/mol. The van der Waals surface area contributed by atoms with E-state index < -0.39 is 0 Å². The first kappa shape index (κ1) is 19.7. The number of hydrogen-bond donors (Lipinski definition) is 0. The van der Waals surface area contributed by atoms with Gasteiger partial charge in [0.2, 0.25) is 0 Å². The highest BCUT2D eigenvalue weighted by Crippen LogP contribution is 2.40. The van der Waals surface area contributed by atoms with Gasteiger partial charge in [0, 0.05) is 4.47 Å². The molecule has 2 nitrogen and oxygen atoms in total. The van der Waals surface area contributed by atoms with E-state index in [1.165, 1.54) is 35.5 Å². The van der Waals surface area contributed by atoms with Crippen LogP contribution in [0.15, 0.2) is 58.5 Å². The van der Waals surface area contributed by atoms with Crippen LogP contribution >= 0.6 is 15.9 Å². The molecule has 1 saturated heterocycles. The van der Waals surface area contributed by atoms with Crippen LogP contribution in [0.25, 0.3) is 10.8 Å². The lowest BCUT2D eigenvalue weighted by molar-refractivity contribution is 0.00578. The average molecular weight is 415 g/mol. The highest BCUT2D eigenvalue weighted by Gasteiger charge is 2.52. The Morgan fingerprint density at radius 1 is 0.885 bits per heavy atom. The molecule has 2 aromatic carbocycles. The summed E-state index contributed by atoms with van der Waals surface area (Å²) in [5.41, 5.74) is 0.950. The lowest BCUT2D eigenvalue weighted by Gasteiger charge is -2.32. The predicted octanol–water partition coefficient (Wildman–Crippen LogP) is 6.72. The van der Waals surface area contributed by atoms with Crippen molar-refractivity contribution in [1.29, 1.82) is 0 Å². The molecule has 1 heterocycles. The van der Waals surface area contributed by atoms with Crippen LogP contribution in [0.4, 0.5) is 0 Å². The van der Waals surface area contributed by atoms with Crippen molar-refractivity contribution in [3.05, 3.63) is 58.5 Å². The quantitative estimate of drug-likeness (QED) is 0.482. The van der Waals surface area contributed by atoms with Gasteiger partial charge in [0.25, 0.3) is 0 Å². The van der Waals surface area contributed by atoms with E-state index in [0.717, 1.165) is 10.9 Å². The molecule has 0 radical (unpaired) electrons. The zero-order chi connectivity index (χ0) is 18.8. The Balaban J connectivity index is 0.000000158. The molecule has 0 saturated carbocycles. The van der Waals surface area contributed by atoms with Crippen molar-refractivity contribution < 1.29 is 9.31 Å². The van der Waals surface area contributed by atoms with E-state index in [0.29, 0.717) is 0 Å². The zero-order valence-electron chi connectivity index (χ0n) is 16.2. The first-order valence-corrected chi connectivity index (χ1v) is 10.3. The average Bonchev–Trinajstić information content (AvgIpc) is 2.85. The van der Waals surface area contributed by atoms with Crippen LogP contribution < -0.4 is 0 Å². The third kappa shape index (κ3) is 4.24. The van der Waals surface area contributed by atoms with Crippen molar-refractivity contribution in [3.8, 4) is 0 Å². The second-order valence-electron chi connectivity index (χ2n) is 8.07. The van der Waals surface area contributed by atoms with Crippen molar-refractivity contribution in [3.63, 3.8) is 0 Å². The topological polar surface area (TPSA) is 18.5 Å². The van der Waals surface area contributed by atoms with Crippen LogP contribution in [0.1, 0.15) is 53.4 Å². The molecule has 2 aliphatic rings. The molecule has 138 valence electrons. The molecule has 1 aliphatic carbocycles. The van der Waals surface area contributed by atoms with Crippen LogP contribution in [-0.2, 0) is 9.31 Å². The van der Waals surface area contributed by atoms with Gasteiger partial charge in [0.1, 0.15) is 0 Å². The molecule has 0 aromatic heterocycles. The summed E-state index contributed by atoms with van der Waals surface area (Å²) >= 11 is 3.50. The fraction of sp³-hybridized carbons (Fsp3) is 0.455. The minimum Gasteiger partial charge on any atom is -0.400 e. The van der Waals surface area contributed by atoms with E-state index in [1.54, 1.807) is 0 Å². The summed E-state index contributed by atoms with van der Waals surface area (Å²) in [7, 11) is -0.102. The molecule has 0 atom stereocenters. The molecule has 26 heavy (non-hydrogen) atoms. The Labute approximate surface area is 166 Å². The standard InChI is InChI=1S/C12H21BO2.C10H7Br/c1-11(2)12(3,4)15-13(14-11)10-8-6-5-7-9-10;11-10-7-3-5-8-4-1-2-6-9(8)10/h8H,5-7,9H2,1-4H3;1-7H. The molecule has 1 aliphatic heterocycles. The molecule has 0 amide bonds. The molecule has 0 unspecified atom stereocenters. The van der Waals surface area contributed by atoms with Gasteiger partial charge in [-0.1, -0.05) is 58.4 Å². The highest BCUT2D eigenvalue weighted by atomic mass is 79.9. The van der Waals surface area contributed by atoms with Gasteiger partial charge in [0.05, 0.1) is 11.2 Å². The van der Waals surface area contributed by atoms with E-state index in [9.17, 15) is 0 Å². The minimum absolute atomic E-state index is 0.102. The van der Waals surface area contributed by atoms with Gasteiger partial charge in [-0.05, 0) is 75.7 Å². The number of allylic oxidation sites excluding steroid dienone is 2. The van der Waals surface area contributed by atoms with E-state index in [1.807, 2.05) is 12.1 Å². The molecule has 0 N–H and O–H groups in total. The van der Waals surface area contributed by atoms with Crippen molar-refractivity contribution in [2.45, 2.75) is 64.6 Å². The largest absolute Gasteiger partial charge is 0.490 e. The maximum atomic E-state index is 6.01. The molecule has 2 aromatic rings. The molecule has 0 bridgehead atoms. The van der Waals surface area contributed by atoms with E-state index in [-0.39, 0.29) is 18.3 Å². The summed E-state index contributed by atoms with van der Waals surface area (Å²) in [6.07, 6.45) is 7.20. The molecular weight excluding hydrogens is 387 g/mol. The number of hydrogen-bond acceptors (Lipinski definition) is 2. The Hall–Kier alpha value is -1.10. The van der Waals surface area contributed by atoms with Crippen molar-refractivity contribution in [1.82, 2.24) is 0 Å². The Morgan fingerprint density at radius 2 is 1.54 bits per heavy atom. The fourth-order valence-corrected chi connectivity index (χ4v) is 3.77. The summed E-state index contributed by atoms with van der Waals surface area (Å²) in [4.78, 5) is 0. The SMILES string of the molecule is Brc1cccc2ccccc12.CC1(C)OB(C2=CCCCC2)OC1(C)C. The summed E-state index contributed by atoms with van der Waals surface area (Å²) in [6.45, 7) is 8.43. The monoisotopic (exact) mass is 414 g/mol. The van der Waals surface area contributed by atoms with Crippen LogP contribution in [-0.4, -0.2) is 18.3 Å². The third-order valence-electron chi connectivity index (χ3n) is 5.62. The maximum Gasteiger partial charge on any atom is 0.490 e. The van der Waals surface area contributed by atoms with Gasteiger partial charge >= 0.3 is 7.12 Å². The van der Waals surface area contributed by atoms with E-state index >= 15 is 0 Å². The third-order valence-corrected chi connectivity index (χ3v) is 6.31. The lowest BCUT2D eigenvalue weighted by Crippen LogP contribution is -2.41. The van der Waals surface area contributed by atoms with Crippen molar-refractivity contribution >= 4 is 33.8 Å². The Bertz CT molecular complexity index is 776. The fourth-order valence-electron chi connectivity index (χ4n) is 3.26. The van der Waals surface area contributed by atoms with Gasteiger partial charge in [-0.3, -0.25) is 0 Å². The Kier molecular flexibility index (Phi) is 5.96. The number of rotatable bonds is 1. The molecule has 4 heteroatoms. The van der Waals surface area contributed by atoms with Crippen molar-refractivity contribution in [2.75, 3.05) is 0 Å². The number of fused-ring (bicyclic) bond motifs is 1. The number of benzene rings is 2. The highest BCUT2D eigenvalue weighted by molar-refractivity contribution is 9.10. The van der Waals surface area contributed by atoms with Gasteiger partial charge in [-0.15, -0.1) is 0 Å².